The Morgan fingerprint density at radius 1 is 1.22 bits per heavy atom. The number of fused-ring (bicyclic) bond motifs is 1. The lowest BCUT2D eigenvalue weighted by molar-refractivity contribution is -0.102. The Balaban J connectivity index is 1.49. The molecule has 2 aliphatic rings. The van der Waals surface area contributed by atoms with E-state index in [0.29, 0.717) is 32.5 Å². The van der Waals surface area contributed by atoms with Gasteiger partial charge in [0.25, 0.3) is 0 Å². The Hall–Kier alpha value is -1.74. The van der Waals surface area contributed by atoms with Gasteiger partial charge in [-0.25, -0.2) is 12.7 Å². The predicted molar refractivity (Wildman–Crippen MR) is 103 cm³/mol. The van der Waals surface area contributed by atoms with E-state index in [4.69, 9.17) is 0 Å². The van der Waals surface area contributed by atoms with E-state index in [9.17, 15) is 13.5 Å². The van der Waals surface area contributed by atoms with E-state index >= 15 is 0 Å². The summed E-state index contributed by atoms with van der Waals surface area (Å²) in [4.78, 5) is 2.29. The van der Waals surface area contributed by atoms with Crippen molar-refractivity contribution in [1.82, 2.24) is 19.4 Å². The zero-order valence-corrected chi connectivity index (χ0v) is 16.3. The second-order valence-corrected chi connectivity index (χ2v) is 9.78. The maximum Gasteiger partial charge on any atom is 0.211 e. The lowest BCUT2D eigenvalue weighted by atomic mass is 9.76. The number of aromatic amines is 1. The molecule has 27 heavy (non-hydrogen) atoms. The maximum atomic E-state index is 11.9. The number of benzene rings is 1. The first-order valence-corrected chi connectivity index (χ1v) is 11.2. The van der Waals surface area contributed by atoms with Crippen molar-refractivity contribution in [2.75, 3.05) is 32.4 Å². The molecule has 0 amide bonds. The summed E-state index contributed by atoms with van der Waals surface area (Å²) < 4.78 is 25.3. The van der Waals surface area contributed by atoms with Crippen LogP contribution < -0.4 is 0 Å². The van der Waals surface area contributed by atoms with Gasteiger partial charge in [0.2, 0.25) is 10.0 Å². The fourth-order valence-corrected chi connectivity index (χ4v) is 5.19. The number of hydrogen-bond donors (Lipinski definition) is 2. The molecule has 1 aromatic carbocycles. The molecule has 0 radical (unpaired) electrons. The highest BCUT2D eigenvalue weighted by molar-refractivity contribution is 7.88. The number of likely N-dealkylation sites (tertiary alicyclic amines) is 1. The van der Waals surface area contributed by atoms with Crippen molar-refractivity contribution in [2.45, 2.75) is 25.0 Å². The number of rotatable bonds is 4. The molecule has 3 heterocycles. The number of piperidine rings is 2. The van der Waals surface area contributed by atoms with E-state index < -0.39 is 15.6 Å². The Morgan fingerprint density at radius 2 is 1.96 bits per heavy atom. The molecule has 1 aromatic heterocycles. The molecular formula is C19H26N4O3S. The van der Waals surface area contributed by atoms with E-state index in [1.165, 1.54) is 10.6 Å². The number of aliphatic hydroxyl groups is 1. The highest BCUT2D eigenvalue weighted by Gasteiger charge is 2.46. The minimum Gasteiger partial charge on any atom is -0.389 e. The lowest BCUT2D eigenvalue weighted by Gasteiger charge is -2.49. The third kappa shape index (κ3) is 3.80. The minimum atomic E-state index is -3.22. The molecule has 7 nitrogen and oxygen atoms in total. The van der Waals surface area contributed by atoms with Crippen LogP contribution in [0, 0.1) is 5.92 Å². The molecule has 2 aromatic rings. The smallest absolute Gasteiger partial charge is 0.211 e. The fourth-order valence-electron chi connectivity index (χ4n) is 4.31. The first kappa shape index (κ1) is 18.6. The Morgan fingerprint density at radius 3 is 2.70 bits per heavy atom. The zero-order chi connectivity index (χ0) is 19.1. The molecule has 2 N–H and O–H groups in total. The first-order valence-electron chi connectivity index (χ1n) is 9.33. The van der Waals surface area contributed by atoms with Gasteiger partial charge in [0.05, 0.1) is 23.7 Å². The van der Waals surface area contributed by atoms with Gasteiger partial charge < -0.3 is 5.11 Å². The highest BCUT2D eigenvalue weighted by Crippen LogP contribution is 2.37. The van der Waals surface area contributed by atoms with Crippen molar-refractivity contribution in [3.8, 4) is 11.3 Å². The Labute approximate surface area is 160 Å². The second-order valence-electron chi connectivity index (χ2n) is 7.79. The summed E-state index contributed by atoms with van der Waals surface area (Å²) >= 11 is 0. The fraction of sp³-hybridized carbons (Fsp3) is 0.526. The summed E-state index contributed by atoms with van der Waals surface area (Å²) in [7, 11) is -3.22. The molecule has 0 spiro atoms. The molecule has 146 valence electrons. The average Bonchev–Trinajstić information content (AvgIpc) is 3.09. The van der Waals surface area contributed by atoms with E-state index in [1.807, 2.05) is 24.4 Å². The largest absolute Gasteiger partial charge is 0.389 e. The zero-order valence-electron chi connectivity index (χ0n) is 15.5. The predicted octanol–water partition coefficient (Wildman–Crippen LogP) is 1.29. The van der Waals surface area contributed by atoms with Crippen LogP contribution in [0.15, 0.2) is 36.5 Å². The van der Waals surface area contributed by atoms with Crippen LogP contribution in [0.1, 0.15) is 18.4 Å². The molecule has 4 rings (SSSR count). The van der Waals surface area contributed by atoms with E-state index in [-0.39, 0.29) is 5.92 Å². The summed E-state index contributed by atoms with van der Waals surface area (Å²) in [6, 6.07) is 10.1. The van der Waals surface area contributed by atoms with Crippen LogP contribution in [0.3, 0.4) is 0 Å². The van der Waals surface area contributed by atoms with Gasteiger partial charge in [0.15, 0.2) is 0 Å². The van der Waals surface area contributed by atoms with Crippen LogP contribution >= 0.6 is 0 Å². The summed E-state index contributed by atoms with van der Waals surface area (Å²) in [6.07, 6.45) is 4.29. The molecule has 0 bridgehead atoms. The molecular weight excluding hydrogens is 364 g/mol. The molecule has 2 fully saturated rings. The molecule has 0 saturated carbocycles. The van der Waals surface area contributed by atoms with Gasteiger partial charge in [0.1, 0.15) is 0 Å². The van der Waals surface area contributed by atoms with Gasteiger partial charge >= 0.3 is 0 Å². The standard InChI is InChI=1S/C19H26N4O3S/c1-27(25,26)23-10-8-19(24)7-9-22(13-17(19)14-23)12-16-11-20-21-18(16)15-5-3-2-4-6-15/h2-6,11,17,24H,7-10,12-14H2,1H3,(H,20,21)/t17-,19-/m1/s1. The summed E-state index contributed by atoms with van der Waals surface area (Å²) in [5, 5.41) is 18.3. The van der Waals surface area contributed by atoms with Crippen molar-refractivity contribution >= 4 is 10.0 Å². The van der Waals surface area contributed by atoms with Crippen molar-refractivity contribution in [3.63, 3.8) is 0 Å². The van der Waals surface area contributed by atoms with Crippen LogP contribution in [0.2, 0.25) is 0 Å². The monoisotopic (exact) mass is 390 g/mol. The highest BCUT2D eigenvalue weighted by atomic mass is 32.2. The number of hydrogen-bond acceptors (Lipinski definition) is 5. The summed E-state index contributed by atoms with van der Waals surface area (Å²) in [5.41, 5.74) is 2.47. The van der Waals surface area contributed by atoms with Gasteiger partial charge in [-0.15, -0.1) is 0 Å². The summed E-state index contributed by atoms with van der Waals surface area (Å²) in [5.74, 6) is -0.0678. The van der Waals surface area contributed by atoms with Crippen LogP contribution in [0.5, 0.6) is 0 Å². The van der Waals surface area contributed by atoms with Gasteiger partial charge in [0, 0.05) is 44.2 Å². The number of aromatic nitrogens is 2. The van der Waals surface area contributed by atoms with Crippen LogP contribution in [0.4, 0.5) is 0 Å². The van der Waals surface area contributed by atoms with E-state index in [1.54, 1.807) is 0 Å². The molecule has 0 unspecified atom stereocenters. The Kier molecular flexibility index (Phi) is 4.84. The van der Waals surface area contributed by atoms with Crippen molar-refractivity contribution < 1.29 is 13.5 Å². The first-order chi connectivity index (χ1) is 12.9. The van der Waals surface area contributed by atoms with Gasteiger partial charge in [-0.05, 0) is 18.4 Å². The van der Waals surface area contributed by atoms with E-state index in [2.05, 4.69) is 27.2 Å². The van der Waals surface area contributed by atoms with Crippen LogP contribution in [-0.2, 0) is 16.6 Å². The quantitative estimate of drug-likeness (QED) is 0.821. The number of sulfonamides is 1. The maximum absolute atomic E-state index is 11.9. The lowest BCUT2D eigenvalue weighted by Crippen LogP contribution is -2.60. The van der Waals surface area contributed by atoms with Crippen LogP contribution in [-0.4, -0.2) is 71.0 Å². The SMILES string of the molecule is CS(=O)(=O)N1CC[C@]2(O)CCN(Cc3cn[nH]c3-c3ccccc3)C[C@@H]2C1. The topological polar surface area (TPSA) is 89.5 Å². The number of nitrogens with one attached hydrogen (secondary N) is 1. The number of H-pyrrole nitrogens is 1. The second kappa shape index (κ2) is 7.01. The normalized spacial score (nSPS) is 27.4. The molecule has 2 aliphatic heterocycles. The van der Waals surface area contributed by atoms with E-state index in [0.717, 1.165) is 29.9 Å². The van der Waals surface area contributed by atoms with Crippen molar-refractivity contribution in [3.05, 3.63) is 42.1 Å². The number of nitrogens with zero attached hydrogens (tertiary/aromatic N) is 3. The molecule has 0 aliphatic carbocycles. The molecule has 2 atom stereocenters. The van der Waals surface area contributed by atoms with Gasteiger partial charge in [-0.2, -0.15) is 5.10 Å². The third-order valence-corrected chi connectivity index (χ3v) is 7.23. The third-order valence-electron chi connectivity index (χ3n) is 5.96. The molecule has 8 heteroatoms. The van der Waals surface area contributed by atoms with Crippen molar-refractivity contribution in [2.24, 2.45) is 5.92 Å². The average molecular weight is 391 g/mol. The van der Waals surface area contributed by atoms with Gasteiger partial charge in [-0.3, -0.25) is 10.00 Å². The molecule has 2 saturated heterocycles. The summed E-state index contributed by atoms with van der Waals surface area (Å²) in [6.45, 7) is 3.01. The van der Waals surface area contributed by atoms with Crippen molar-refractivity contribution in [1.29, 1.82) is 0 Å². The minimum absolute atomic E-state index is 0.0678. The van der Waals surface area contributed by atoms with Gasteiger partial charge in [-0.1, -0.05) is 30.3 Å². The Bertz CT molecular complexity index is 899. The van der Waals surface area contributed by atoms with Crippen LogP contribution in [0.25, 0.3) is 11.3 Å².